The van der Waals surface area contributed by atoms with Gasteiger partial charge in [-0.25, -0.2) is 10.4 Å². The van der Waals surface area contributed by atoms with Crippen LogP contribution in [-0.4, -0.2) is 36.1 Å². The van der Waals surface area contributed by atoms with Crippen molar-refractivity contribution >= 4 is 34.6 Å². The molecule has 3 rings (SSSR count). The number of halogens is 1. The highest BCUT2D eigenvalue weighted by Gasteiger charge is 2.33. The molecule has 23 heavy (non-hydrogen) atoms. The van der Waals surface area contributed by atoms with Crippen molar-refractivity contribution in [2.75, 3.05) is 13.2 Å². The lowest BCUT2D eigenvalue weighted by Crippen LogP contribution is -2.33. The number of aromatic nitrogens is 1. The summed E-state index contributed by atoms with van der Waals surface area (Å²) in [5.41, 5.74) is 3.88. The van der Waals surface area contributed by atoms with Crippen molar-refractivity contribution in [3.63, 3.8) is 0 Å². The molecule has 0 saturated carbocycles. The highest BCUT2D eigenvalue weighted by molar-refractivity contribution is 6.32. The van der Waals surface area contributed by atoms with Crippen LogP contribution in [0.15, 0.2) is 35.4 Å². The lowest BCUT2D eigenvalue weighted by atomic mass is 10.2. The second kappa shape index (κ2) is 6.62. The van der Waals surface area contributed by atoms with Gasteiger partial charge >= 0.3 is 0 Å². The van der Waals surface area contributed by atoms with E-state index in [1.54, 1.807) is 6.92 Å². The molecular formula is C16H16ClN3O3. The SMILES string of the molecule is CC1(CC(=O)N/N=C\c2cc3ccccc3nc2Cl)OCCO1. The van der Waals surface area contributed by atoms with Gasteiger partial charge in [-0.05, 0) is 19.1 Å². The van der Waals surface area contributed by atoms with Crippen molar-refractivity contribution in [1.29, 1.82) is 0 Å². The van der Waals surface area contributed by atoms with E-state index in [2.05, 4.69) is 15.5 Å². The number of para-hydroxylation sites is 1. The molecule has 2 heterocycles. The Morgan fingerprint density at radius 3 is 2.96 bits per heavy atom. The summed E-state index contributed by atoms with van der Waals surface area (Å²) in [4.78, 5) is 16.1. The van der Waals surface area contributed by atoms with Crippen LogP contribution in [0.2, 0.25) is 5.15 Å². The largest absolute Gasteiger partial charge is 0.347 e. The van der Waals surface area contributed by atoms with Crippen LogP contribution in [0, 0.1) is 0 Å². The van der Waals surface area contributed by atoms with Gasteiger partial charge in [-0.15, -0.1) is 0 Å². The number of hydrogen-bond donors (Lipinski definition) is 1. The predicted octanol–water partition coefficient (Wildman–Crippen LogP) is 2.49. The summed E-state index contributed by atoms with van der Waals surface area (Å²) < 4.78 is 10.8. The molecule has 1 fully saturated rings. The van der Waals surface area contributed by atoms with Crippen LogP contribution in [0.4, 0.5) is 0 Å². The Morgan fingerprint density at radius 2 is 2.17 bits per heavy atom. The number of carbonyl (C=O) groups excluding carboxylic acids is 1. The highest BCUT2D eigenvalue weighted by Crippen LogP contribution is 2.22. The maximum absolute atomic E-state index is 11.9. The number of fused-ring (bicyclic) bond motifs is 1. The average molecular weight is 334 g/mol. The van der Waals surface area contributed by atoms with Gasteiger partial charge < -0.3 is 9.47 Å². The van der Waals surface area contributed by atoms with Crippen molar-refractivity contribution in [2.45, 2.75) is 19.1 Å². The molecule has 1 N–H and O–H groups in total. The first-order valence-electron chi connectivity index (χ1n) is 7.21. The monoisotopic (exact) mass is 333 g/mol. The molecule has 7 heteroatoms. The molecule has 6 nitrogen and oxygen atoms in total. The van der Waals surface area contributed by atoms with Crippen LogP contribution in [0.3, 0.4) is 0 Å². The lowest BCUT2D eigenvalue weighted by molar-refractivity contribution is -0.159. The Kier molecular flexibility index (Phi) is 4.56. The van der Waals surface area contributed by atoms with E-state index in [9.17, 15) is 4.79 Å². The number of amides is 1. The summed E-state index contributed by atoms with van der Waals surface area (Å²) in [7, 11) is 0. The maximum Gasteiger partial charge on any atom is 0.245 e. The summed E-state index contributed by atoms with van der Waals surface area (Å²) in [6.45, 7) is 2.71. The van der Waals surface area contributed by atoms with Crippen LogP contribution in [0.25, 0.3) is 10.9 Å². The van der Waals surface area contributed by atoms with Crippen LogP contribution in [0.5, 0.6) is 0 Å². The number of benzene rings is 1. The van der Waals surface area contributed by atoms with Gasteiger partial charge in [-0.1, -0.05) is 29.8 Å². The minimum atomic E-state index is -0.873. The number of pyridine rings is 1. The van der Waals surface area contributed by atoms with Gasteiger partial charge in [0.1, 0.15) is 5.15 Å². The fourth-order valence-electron chi connectivity index (χ4n) is 2.36. The zero-order valence-electron chi connectivity index (χ0n) is 12.6. The van der Waals surface area contributed by atoms with Crippen LogP contribution >= 0.6 is 11.6 Å². The van der Waals surface area contributed by atoms with E-state index in [0.717, 1.165) is 10.9 Å². The molecule has 1 aliphatic rings. The number of nitrogens with one attached hydrogen (secondary N) is 1. The molecule has 0 bridgehead atoms. The number of carbonyl (C=O) groups is 1. The highest BCUT2D eigenvalue weighted by atomic mass is 35.5. The van der Waals surface area contributed by atoms with Gasteiger partial charge in [-0.2, -0.15) is 5.10 Å². The minimum Gasteiger partial charge on any atom is -0.347 e. The van der Waals surface area contributed by atoms with Gasteiger partial charge in [0.05, 0.1) is 31.4 Å². The Balaban J connectivity index is 1.65. The molecule has 1 saturated heterocycles. The van der Waals surface area contributed by atoms with Crippen molar-refractivity contribution < 1.29 is 14.3 Å². The maximum atomic E-state index is 11.9. The molecule has 120 valence electrons. The number of hydrogen-bond acceptors (Lipinski definition) is 5. The Bertz CT molecular complexity index is 757. The Morgan fingerprint density at radius 1 is 1.43 bits per heavy atom. The number of nitrogens with zero attached hydrogens (tertiary/aromatic N) is 2. The third-order valence-electron chi connectivity index (χ3n) is 3.48. The minimum absolute atomic E-state index is 0.0774. The third-order valence-corrected chi connectivity index (χ3v) is 3.78. The molecule has 0 radical (unpaired) electrons. The second-order valence-electron chi connectivity index (χ2n) is 5.36. The molecule has 1 aromatic heterocycles. The van der Waals surface area contributed by atoms with Crippen molar-refractivity contribution in [1.82, 2.24) is 10.4 Å². The molecule has 0 unspecified atom stereocenters. The first-order chi connectivity index (χ1) is 11.1. The van der Waals surface area contributed by atoms with Crippen LogP contribution < -0.4 is 5.43 Å². The smallest absolute Gasteiger partial charge is 0.245 e. The number of hydrazone groups is 1. The van der Waals surface area contributed by atoms with Gasteiger partial charge in [-0.3, -0.25) is 4.79 Å². The molecule has 2 aromatic rings. The summed E-state index contributed by atoms with van der Waals surface area (Å²) in [5.74, 6) is -1.17. The van der Waals surface area contributed by atoms with Crippen molar-refractivity contribution in [3.05, 3.63) is 41.0 Å². The summed E-state index contributed by atoms with van der Waals surface area (Å²) in [6, 6.07) is 9.50. The summed E-state index contributed by atoms with van der Waals surface area (Å²) >= 11 is 6.12. The fourth-order valence-corrected chi connectivity index (χ4v) is 2.56. The van der Waals surface area contributed by atoms with E-state index in [1.165, 1.54) is 6.21 Å². The predicted molar refractivity (Wildman–Crippen MR) is 87.4 cm³/mol. The van der Waals surface area contributed by atoms with Gasteiger partial charge in [0.25, 0.3) is 0 Å². The second-order valence-corrected chi connectivity index (χ2v) is 5.72. The van der Waals surface area contributed by atoms with Gasteiger partial charge in [0, 0.05) is 10.9 Å². The van der Waals surface area contributed by atoms with E-state index < -0.39 is 5.79 Å². The quantitative estimate of drug-likeness (QED) is 0.530. The molecule has 0 spiro atoms. The molecule has 1 amide bonds. The van der Waals surface area contributed by atoms with E-state index in [-0.39, 0.29) is 12.3 Å². The van der Waals surface area contributed by atoms with E-state index >= 15 is 0 Å². The average Bonchev–Trinajstić information content (AvgIpc) is 2.94. The van der Waals surface area contributed by atoms with Gasteiger partial charge in [0.2, 0.25) is 5.91 Å². The topological polar surface area (TPSA) is 72.8 Å². The first kappa shape index (κ1) is 15.9. The van der Waals surface area contributed by atoms with E-state index in [4.69, 9.17) is 21.1 Å². The standard InChI is InChI=1S/C16H16ClN3O3/c1-16(22-6-7-23-16)9-14(21)20-18-10-12-8-11-4-2-3-5-13(11)19-15(12)17/h2-5,8,10H,6-7,9H2,1H3,(H,20,21)/b18-10-. The zero-order valence-corrected chi connectivity index (χ0v) is 13.3. The lowest BCUT2D eigenvalue weighted by Gasteiger charge is -2.20. The van der Waals surface area contributed by atoms with Crippen molar-refractivity contribution in [2.24, 2.45) is 5.10 Å². The Hall–Kier alpha value is -2.02. The molecular weight excluding hydrogens is 318 g/mol. The molecule has 1 aromatic carbocycles. The molecule has 0 atom stereocenters. The normalized spacial score (nSPS) is 17.0. The first-order valence-corrected chi connectivity index (χ1v) is 7.59. The van der Waals surface area contributed by atoms with Crippen LogP contribution in [-0.2, 0) is 14.3 Å². The van der Waals surface area contributed by atoms with Crippen LogP contribution in [0.1, 0.15) is 18.9 Å². The van der Waals surface area contributed by atoms with E-state index in [1.807, 2.05) is 30.3 Å². The third kappa shape index (κ3) is 3.85. The molecule has 1 aliphatic heterocycles. The number of ether oxygens (including phenoxy) is 2. The van der Waals surface area contributed by atoms with Crippen molar-refractivity contribution in [3.8, 4) is 0 Å². The number of rotatable bonds is 4. The molecule has 0 aliphatic carbocycles. The fraction of sp³-hybridized carbons (Fsp3) is 0.312. The zero-order chi connectivity index (χ0) is 16.3. The van der Waals surface area contributed by atoms with Gasteiger partial charge in [0.15, 0.2) is 5.79 Å². The van der Waals surface area contributed by atoms with E-state index in [0.29, 0.717) is 23.9 Å². The summed E-state index contributed by atoms with van der Waals surface area (Å²) in [6.07, 6.45) is 1.55. The Labute approximate surface area is 138 Å². The summed E-state index contributed by atoms with van der Waals surface area (Å²) in [5, 5.41) is 5.20.